The van der Waals surface area contributed by atoms with Crippen LogP contribution in [0.4, 0.5) is 8.78 Å². The summed E-state index contributed by atoms with van der Waals surface area (Å²) < 4.78 is 30.0. The SMILES string of the molecule is CC1CCCC(n2c(=S)[nH]c3ccc(F)c(F)c32)C1C. The fourth-order valence-electron chi connectivity index (χ4n) is 3.39. The van der Waals surface area contributed by atoms with Gasteiger partial charge in [-0.15, -0.1) is 0 Å². The minimum atomic E-state index is -0.822. The minimum absolute atomic E-state index is 0.135. The van der Waals surface area contributed by atoms with Crippen LogP contribution < -0.4 is 0 Å². The van der Waals surface area contributed by atoms with Gasteiger partial charge in [0.1, 0.15) is 5.52 Å². The van der Waals surface area contributed by atoms with E-state index >= 15 is 0 Å². The molecule has 0 bridgehead atoms. The Morgan fingerprint density at radius 1 is 1.25 bits per heavy atom. The Hall–Kier alpha value is -1.23. The Balaban J connectivity index is 2.23. The minimum Gasteiger partial charge on any atom is -0.330 e. The number of hydrogen-bond donors (Lipinski definition) is 1. The normalized spacial score (nSPS) is 27.1. The summed E-state index contributed by atoms with van der Waals surface area (Å²) in [6.45, 7) is 4.39. The van der Waals surface area contributed by atoms with Crippen LogP contribution in [0.1, 0.15) is 39.2 Å². The lowest BCUT2D eigenvalue weighted by molar-refractivity contribution is 0.187. The molecule has 1 aliphatic carbocycles. The van der Waals surface area contributed by atoms with Gasteiger partial charge in [0.2, 0.25) is 0 Å². The van der Waals surface area contributed by atoms with Gasteiger partial charge in [0, 0.05) is 6.04 Å². The highest BCUT2D eigenvalue weighted by atomic mass is 32.1. The van der Waals surface area contributed by atoms with E-state index in [1.54, 1.807) is 10.6 Å². The van der Waals surface area contributed by atoms with Crippen molar-refractivity contribution in [1.82, 2.24) is 9.55 Å². The average Bonchev–Trinajstić information content (AvgIpc) is 2.75. The number of H-pyrrole nitrogens is 1. The van der Waals surface area contributed by atoms with Crippen LogP contribution in [-0.4, -0.2) is 9.55 Å². The largest absolute Gasteiger partial charge is 0.330 e. The number of nitrogens with one attached hydrogen (secondary N) is 1. The molecule has 1 saturated carbocycles. The number of halogens is 2. The van der Waals surface area contributed by atoms with Crippen LogP contribution in [0.3, 0.4) is 0 Å². The number of fused-ring (bicyclic) bond motifs is 1. The van der Waals surface area contributed by atoms with Crippen molar-refractivity contribution >= 4 is 23.3 Å². The van der Waals surface area contributed by atoms with Crippen molar-refractivity contribution in [3.05, 3.63) is 28.5 Å². The van der Waals surface area contributed by atoms with Crippen LogP contribution in [0, 0.1) is 28.2 Å². The molecule has 1 heterocycles. The molecule has 0 spiro atoms. The van der Waals surface area contributed by atoms with Gasteiger partial charge in [0.15, 0.2) is 16.4 Å². The number of aromatic nitrogens is 2. The third-order valence-corrected chi connectivity index (χ3v) is 5.06. The maximum atomic E-state index is 14.2. The van der Waals surface area contributed by atoms with Crippen LogP contribution in [0.15, 0.2) is 12.1 Å². The lowest BCUT2D eigenvalue weighted by Gasteiger charge is -2.35. The zero-order valence-corrected chi connectivity index (χ0v) is 12.4. The lowest BCUT2D eigenvalue weighted by Crippen LogP contribution is -2.27. The first-order valence-corrected chi connectivity index (χ1v) is 7.49. The molecule has 3 atom stereocenters. The Kier molecular flexibility index (Phi) is 3.40. The zero-order valence-electron chi connectivity index (χ0n) is 11.6. The second-order valence-corrected chi connectivity index (χ2v) is 6.28. The third-order valence-electron chi connectivity index (χ3n) is 4.77. The molecule has 2 aromatic rings. The van der Waals surface area contributed by atoms with Crippen LogP contribution >= 0.6 is 12.2 Å². The Labute approximate surface area is 121 Å². The van der Waals surface area contributed by atoms with Gasteiger partial charge >= 0.3 is 0 Å². The molecule has 1 aromatic carbocycles. The molecule has 1 aliphatic rings. The van der Waals surface area contributed by atoms with E-state index in [1.165, 1.54) is 6.42 Å². The maximum Gasteiger partial charge on any atom is 0.184 e. The molecule has 1 N–H and O–H groups in total. The quantitative estimate of drug-likeness (QED) is 0.736. The first-order chi connectivity index (χ1) is 9.50. The molecule has 20 heavy (non-hydrogen) atoms. The predicted molar refractivity (Wildman–Crippen MR) is 78.3 cm³/mol. The third kappa shape index (κ3) is 1.99. The molecule has 0 amide bonds. The van der Waals surface area contributed by atoms with Crippen LogP contribution in [0.5, 0.6) is 0 Å². The van der Waals surface area contributed by atoms with E-state index in [9.17, 15) is 8.78 Å². The van der Waals surface area contributed by atoms with E-state index in [2.05, 4.69) is 18.8 Å². The van der Waals surface area contributed by atoms with Gasteiger partial charge in [-0.3, -0.25) is 0 Å². The Bertz CT molecular complexity index is 704. The van der Waals surface area contributed by atoms with Crippen LogP contribution in [0.2, 0.25) is 0 Å². The van der Waals surface area contributed by atoms with E-state index < -0.39 is 11.6 Å². The smallest absolute Gasteiger partial charge is 0.184 e. The molecule has 0 saturated heterocycles. The summed E-state index contributed by atoms with van der Waals surface area (Å²) in [5.41, 5.74) is 0.847. The molecule has 0 radical (unpaired) electrons. The summed E-state index contributed by atoms with van der Waals surface area (Å²) in [5, 5.41) is 0. The first kappa shape index (κ1) is 13.7. The molecule has 3 rings (SSSR count). The Morgan fingerprint density at radius 3 is 2.75 bits per heavy atom. The van der Waals surface area contributed by atoms with Gasteiger partial charge in [0.25, 0.3) is 0 Å². The number of aromatic amines is 1. The molecule has 1 fully saturated rings. The van der Waals surface area contributed by atoms with Gasteiger partial charge in [-0.1, -0.05) is 26.7 Å². The molecule has 108 valence electrons. The molecular formula is C15H18F2N2S. The topological polar surface area (TPSA) is 20.7 Å². The zero-order chi connectivity index (χ0) is 14.4. The monoisotopic (exact) mass is 296 g/mol. The summed E-state index contributed by atoms with van der Waals surface area (Å²) in [6.07, 6.45) is 3.24. The standard InChI is InChI=1S/C15H18F2N2S/c1-8-4-3-5-12(9(8)2)19-14-11(18-15(19)20)7-6-10(16)13(14)17/h6-9,12H,3-5H2,1-2H3,(H,18,20). The van der Waals surface area contributed by atoms with E-state index in [0.29, 0.717) is 22.1 Å². The van der Waals surface area contributed by atoms with Crippen LogP contribution in [0.25, 0.3) is 11.0 Å². The lowest BCUT2D eigenvalue weighted by atomic mass is 9.78. The van der Waals surface area contributed by atoms with E-state index in [1.807, 2.05) is 0 Å². The number of imidazole rings is 1. The van der Waals surface area contributed by atoms with Crippen molar-refractivity contribution in [1.29, 1.82) is 0 Å². The summed E-state index contributed by atoms with van der Waals surface area (Å²) in [4.78, 5) is 3.00. The molecule has 5 heteroatoms. The summed E-state index contributed by atoms with van der Waals surface area (Å²) >= 11 is 5.35. The van der Waals surface area contributed by atoms with E-state index in [-0.39, 0.29) is 11.6 Å². The van der Waals surface area contributed by atoms with Crippen molar-refractivity contribution < 1.29 is 8.78 Å². The van der Waals surface area contributed by atoms with Crippen molar-refractivity contribution in [3.8, 4) is 0 Å². The average molecular weight is 296 g/mol. The van der Waals surface area contributed by atoms with Crippen molar-refractivity contribution in [3.63, 3.8) is 0 Å². The van der Waals surface area contributed by atoms with Gasteiger partial charge in [-0.2, -0.15) is 0 Å². The van der Waals surface area contributed by atoms with E-state index in [0.717, 1.165) is 18.9 Å². The number of nitrogens with zero attached hydrogens (tertiary/aromatic N) is 1. The van der Waals surface area contributed by atoms with Gasteiger partial charge in [-0.05, 0) is 42.6 Å². The van der Waals surface area contributed by atoms with Gasteiger partial charge in [0.05, 0.1) is 5.52 Å². The second kappa shape index (κ2) is 4.95. The van der Waals surface area contributed by atoms with Gasteiger partial charge < -0.3 is 9.55 Å². The maximum absolute atomic E-state index is 14.2. The Morgan fingerprint density at radius 2 is 2.00 bits per heavy atom. The van der Waals surface area contributed by atoms with Crippen LogP contribution in [-0.2, 0) is 0 Å². The highest BCUT2D eigenvalue weighted by molar-refractivity contribution is 7.71. The molecule has 3 unspecified atom stereocenters. The van der Waals surface area contributed by atoms with Gasteiger partial charge in [-0.25, -0.2) is 8.78 Å². The fourth-order valence-corrected chi connectivity index (χ4v) is 3.72. The highest BCUT2D eigenvalue weighted by Crippen LogP contribution is 2.39. The summed E-state index contributed by atoms with van der Waals surface area (Å²) in [7, 11) is 0. The predicted octanol–water partition coefficient (Wildman–Crippen LogP) is 4.97. The van der Waals surface area contributed by atoms with Crippen molar-refractivity contribution in [2.75, 3.05) is 0 Å². The van der Waals surface area contributed by atoms with Crippen molar-refractivity contribution in [2.45, 2.75) is 39.2 Å². The van der Waals surface area contributed by atoms with E-state index in [4.69, 9.17) is 12.2 Å². The van der Waals surface area contributed by atoms with Crippen molar-refractivity contribution in [2.24, 2.45) is 11.8 Å². The summed E-state index contributed by atoms with van der Waals surface area (Å²) in [5.74, 6) is -0.661. The summed E-state index contributed by atoms with van der Waals surface area (Å²) in [6, 6.07) is 2.83. The highest BCUT2D eigenvalue weighted by Gasteiger charge is 2.30. The molecular weight excluding hydrogens is 278 g/mol. The first-order valence-electron chi connectivity index (χ1n) is 7.09. The number of hydrogen-bond acceptors (Lipinski definition) is 1. The molecule has 2 nitrogen and oxygen atoms in total. The molecule has 1 aromatic heterocycles. The number of rotatable bonds is 1. The number of benzene rings is 1. The fraction of sp³-hybridized carbons (Fsp3) is 0.533. The molecule has 0 aliphatic heterocycles. The second-order valence-electron chi connectivity index (χ2n) is 5.89.